The minimum atomic E-state index is -1.93. The van der Waals surface area contributed by atoms with Gasteiger partial charge in [-0.25, -0.2) is 17.9 Å². The SMILES string of the molecule is COc1c(CO)cc(OC)c2c(CCN)cccc12.[C-]#[N+]Cc1cccc2c(O)c(C(=O)O)cc(OC)c12.[C-]#[N+]Cc1cccc2c(O[Si](C)(C)C(C)(C)C)ccc(OC)c12. The Bertz CT molecular complexity index is 2610. The number of aliphatic hydroxyl groups is 1. The van der Waals surface area contributed by atoms with Crippen molar-refractivity contribution in [1.29, 1.82) is 0 Å². The number of nitrogens with two attached hydrogens (primary N) is 1. The average Bonchev–Trinajstić information content (AvgIpc) is 3.24. The van der Waals surface area contributed by atoms with Crippen molar-refractivity contribution in [2.45, 2.75) is 65.0 Å². The number of carbonyl (C=O) groups is 1. The number of benzene rings is 6. The van der Waals surface area contributed by atoms with Gasteiger partial charge in [0.1, 0.15) is 40.1 Å². The summed E-state index contributed by atoms with van der Waals surface area (Å²) >= 11 is 0. The van der Waals surface area contributed by atoms with Crippen LogP contribution in [0.4, 0.5) is 0 Å². The van der Waals surface area contributed by atoms with Crippen molar-refractivity contribution in [3.63, 3.8) is 0 Å². The maximum absolute atomic E-state index is 11.1. The molecule has 0 saturated carbocycles. The van der Waals surface area contributed by atoms with Crippen LogP contribution in [-0.2, 0) is 26.1 Å². The lowest BCUT2D eigenvalue weighted by Crippen LogP contribution is -2.43. The van der Waals surface area contributed by atoms with Crippen molar-refractivity contribution in [3.05, 3.63) is 130 Å². The van der Waals surface area contributed by atoms with E-state index >= 15 is 0 Å². The highest BCUT2D eigenvalue weighted by molar-refractivity contribution is 6.74. The summed E-state index contributed by atoms with van der Waals surface area (Å²) in [6.07, 6.45) is 0.773. The summed E-state index contributed by atoms with van der Waals surface area (Å²) in [5.74, 6) is 1.91. The Morgan fingerprint density at radius 2 is 1.18 bits per heavy atom. The molecule has 0 aliphatic heterocycles. The zero-order chi connectivity index (χ0) is 45.1. The van der Waals surface area contributed by atoms with Crippen LogP contribution in [0.3, 0.4) is 0 Å². The third-order valence-corrected chi connectivity index (χ3v) is 15.2. The highest BCUT2D eigenvalue weighted by Crippen LogP contribution is 2.43. The first kappa shape index (κ1) is 47.2. The van der Waals surface area contributed by atoms with Crippen LogP contribution in [0.15, 0.2) is 78.9 Å². The van der Waals surface area contributed by atoms with Crippen LogP contribution in [0.25, 0.3) is 42.0 Å². The Hall–Kier alpha value is -6.51. The first-order valence-electron chi connectivity index (χ1n) is 19.5. The maximum Gasteiger partial charge on any atom is 0.339 e. The number of rotatable bonds is 12. The van der Waals surface area contributed by atoms with Crippen LogP contribution in [0, 0.1) is 13.1 Å². The van der Waals surface area contributed by atoms with Crippen LogP contribution < -0.4 is 29.1 Å². The van der Waals surface area contributed by atoms with E-state index in [4.69, 9.17) is 47.4 Å². The number of aliphatic hydroxyl groups excluding tert-OH is 1. The molecule has 5 N–H and O–H groups in total. The second-order valence-electron chi connectivity index (χ2n) is 15.5. The highest BCUT2D eigenvalue weighted by atomic mass is 28.4. The Kier molecular flexibility index (Phi) is 16.0. The molecular formula is C48H55N3O9Si. The van der Waals surface area contributed by atoms with Crippen LogP contribution in [0.1, 0.15) is 53.4 Å². The molecule has 0 aromatic heterocycles. The van der Waals surface area contributed by atoms with Gasteiger partial charge in [-0.2, -0.15) is 0 Å². The van der Waals surface area contributed by atoms with Gasteiger partial charge in [-0.15, -0.1) is 0 Å². The quantitative estimate of drug-likeness (QED) is 0.0690. The van der Waals surface area contributed by atoms with Gasteiger partial charge < -0.3 is 54.1 Å². The van der Waals surface area contributed by atoms with Gasteiger partial charge in [0.2, 0.25) is 13.1 Å². The summed E-state index contributed by atoms with van der Waals surface area (Å²) in [5, 5.41) is 33.6. The molecule has 0 saturated heterocycles. The predicted octanol–water partition coefficient (Wildman–Crippen LogP) is 10.2. The fourth-order valence-corrected chi connectivity index (χ4v) is 7.84. The molecule has 6 aromatic carbocycles. The minimum Gasteiger partial charge on any atom is -0.543 e. The summed E-state index contributed by atoms with van der Waals surface area (Å²) in [6, 6.07) is 24.1. The van der Waals surface area contributed by atoms with Crippen molar-refractivity contribution in [2.24, 2.45) is 5.73 Å². The Morgan fingerprint density at radius 3 is 1.67 bits per heavy atom. The molecule has 13 heteroatoms. The third-order valence-electron chi connectivity index (χ3n) is 10.8. The number of phenols is 1. The number of carboxylic acids is 1. The van der Waals surface area contributed by atoms with Gasteiger partial charge in [-0.3, -0.25) is 0 Å². The van der Waals surface area contributed by atoms with Crippen molar-refractivity contribution < 1.29 is 43.5 Å². The van der Waals surface area contributed by atoms with E-state index < -0.39 is 14.3 Å². The number of hydrogen-bond donors (Lipinski definition) is 4. The fourth-order valence-electron chi connectivity index (χ4n) is 6.80. The largest absolute Gasteiger partial charge is 0.543 e. The number of aromatic hydroxyl groups is 1. The van der Waals surface area contributed by atoms with Crippen molar-refractivity contribution >= 4 is 46.6 Å². The van der Waals surface area contributed by atoms with E-state index in [1.165, 1.54) is 13.2 Å². The van der Waals surface area contributed by atoms with E-state index in [0.717, 1.165) is 61.9 Å². The topological polar surface area (TPSA) is 159 Å². The third kappa shape index (κ3) is 10.3. The molecule has 0 bridgehead atoms. The Balaban J connectivity index is 0.000000203. The van der Waals surface area contributed by atoms with Crippen LogP contribution >= 0.6 is 0 Å². The summed E-state index contributed by atoms with van der Waals surface area (Å²) in [6.45, 7) is 26.3. The van der Waals surface area contributed by atoms with Crippen LogP contribution in [0.2, 0.25) is 18.1 Å². The van der Waals surface area contributed by atoms with E-state index in [9.17, 15) is 15.0 Å². The molecule has 0 unspecified atom stereocenters. The van der Waals surface area contributed by atoms with Gasteiger partial charge in [-0.05, 0) is 60.9 Å². The number of ether oxygens (including phenoxy) is 4. The molecule has 320 valence electrons. The van der Waals surface area contributed by atoms with E-state index in [2.05, 4.69) is 43.6 Å². The zero-order valence-electron chi connectivity index (χ0n) is 36.3. The van der Waals surface area contributed by atoms with Gasteiger partial charge in [0.15, 0.2) is 0 Å². The van der Waals surface area contributed by atoms with Gasteiger partial charge in [0, 0.05) is 49.0 Å². The first-order valence-corrected chi connectivity index (χ1v) is 22.4. The van der Waals surface area contributed by atoms with Crippen LogP contribution in [-0.4, -0.2) is 64.6 Å². The predicted molar refractivity (Wildman–Crippen MR) is 244 cm³/mol. The molecule has 0 aliphatic rings. The standard InChI is InChI=1S/C19H25NO2Si.C15H19NO3.C14H11NO4/c1-19(2,3)23(6,7)22-16-11-12-17(21-5)18-14(13-20-4)9-8-10-15(16)18;1-18-13-8-11(9-17)15(19-2)12-5-3-4-10(6-7-16)14(12)13;1-15-7-8-4-3-5-9-12(8)11(19-2)6-10(13(9)16)14(17)18/h8-12H,13H2,1-3,5-7H3;3-5,8,17H,6-7,9,16H2,1-2H3;3-6,16H,7H2,2H3,(H,17,18). The maximum atomic E-state index is 11.1. The lowest BCUT2D eigenvalue weighted by atomic mass is 9.98. The molecule has 0 spiro atoms. The Morgan fingerprint density at radius 1 is 0.689 bits per heavy atom. The second-order valence-corrected chi connectivity index (χ2v) is 20.3. The first-order chi connectivity index (χ1) is 29.1. The van der Waals surface area contributed by atoms with E-state index in [0.29, 0.717) is 40.9 Å². The van der Waals surface area contributed by atoms with Gasteiger partial charge in [0.25, 0.3) is 8.32 Å². The fraction of sp³-hybridized carbons (Fsp3) is 0.312. The smallest absolute Gasteiger partial charge is 0.339 e. The van der Waals surface area contributed by atoms with Crippen molar-refractivity contribution in [3.8, 4) is 34.5 Å². The lowest BCUT2D eigenvalue weighted by molar-refractivity contribution is 0.0693. The number of nitrogens with zero attached hydrogens (tertiary/aromatic N) is 2. The number of fused-ring (bicyclic) bond motifs is 3. The summed E-state index contributed by atoms with van der Waals surface area (Å²) < 4.78 is 28.1. The molecule has 61 heavy (non-hydrogen) atoms. The molecule has 0 atom stereocenters. The lowest BCUT2D eigenvalue weighted by Gasteiger charge is -2.36. The van der Waals surface area contributed by atoms with Crippen LogP contribution in [0.5, 0.6) is 34.5 Å². The molecule has 12 nitrogen and oxygen atoms in total. The normalized spacial score (nSPS) is 11.0. The monoisotopic (exact) mass is 845 g/mol. The van der Waals surface area contributed by atoms with Crippen molar-refractivity contribution in [1.82, 2.24) is 0 Å². The number of methoxy groups -OCH3 is 4. The summed E-state index contributed by atoms with van der Waals surface area (Å²) in [5.41, 5.74) is 8.96. The van der Waals surface area contributed by atoms with E-state index in [1.54, 1.807) is 39.5 Å². The Labute approximate surface area is 358 Å². The van der Waals surface area contributed by atoms with E-state index in [-0.39, 0.29) is 29.5 Å². The molecule has 0 fully saturated rings. The molecule has 0 aliphatic carbocycles. The molecule has 6 aromatic rings. The molecule has 6 rings (SSSR count). The average molecular weight is 846 g/mol. The summed E-state index contributed by atoms with van der Waals surface area (Å²) in [4.78, 5) is 17.9. The molecule has 0 amide bonds. The number of aromatic carboxylic acids is 1. The highest BCUT2D eigenvalue weighted by Gasteiger charge is 2.39. The van der Waals surface area contributed by atoms with Gasteiger partial charge in [0.05, 0.1) is 35.0 Å². The molecular weight excluding hydrogens is 791 g/mol. The van der Waals surface area contributed by atoms with Gasteiger partial charge >= 0.3 is 5.97 Å². The minimum absolute atomic E-state index is 0.0867. The van der Waals surface area contributed by atoms with Gasteiger partial charge in [-0.1, -0.05) is 75.4 Å². The van der Waals surface area contributed by atoms with Crippen molar-refractivity contribution in [2.75, 3.05) is 35.0 Å². The number of hydrogen-bond acceptors (Lipinski definition) is 9. The zero-order valence-corrected chi connectivity index (χ0v) is 37.3. The number of carboxylic acid groups (broad SMARTS) is 1. The molecule has 0 heterocycles. The van der Waals surface area contributed by atoms with E-state index in [1.807, 2.05) is 54.6 Å². The summed E-state index contributed by atoms with van der Waals surface area (Å²) in [7, 11) is 4.39. The second kappa shape index (κ2) is 20.6. The molecule has 0 radical (unpaired) electrons.